The molecule has 0 aliphatic rings. The molecule has 2 N–H and O–H groups in total. The van der Waals surface area contributed by atoms with E-state index in [1.54, 1.807) is 5.38 Å². The number of fused-ring (bicyclic) bond motifs is 1. The number of imidazole rings is 1. The Morgan fingerprint density at radius 1 is 1.39 bits per heavy atom. The van der Waals surface area contributed by atoms with Gasteiger partial charge in [0.05, 0.1) is 11.0 Å². The molecule has 0 amide bonds. The molecule has 0 saturated carbocycles. The van der Waals surface area contributed by atoms with E-state index in [0.717, 1.165) is 22.4 Å². The maximum Gasteiger partial charge on any atom is 0.355 e. The number of thiazole rings is 1. The molecule has 0 unspecified atom stereocenters. The first kappa shape index (κ1) is 10.9. The first-order chi connectivity index (χ1) is 8.63. The summed E-state index contributed by atoms with van der Waals surface area (Å²) < 4.78 is 0. The third kappa shape index (κ3) is 1.76. The Kier molecular flexibility index (Phi) is 2.38. The lowest BCUT2D eigenvalue weighted by molar-refractivity contribution is 0.0691. The smallest absolute Gasteiger partial charge is 0.355 e. The van der Waals surface area contributed by atoms with E-state index in [1.165, 1.54) is 11.3 Å². The molecule has 0 aliphatic carbocycles. The molecule has 90 valence electrons. The Morgan fingerprint density at radius 3 is 2.94 bits per heavy atom. The van der Waals surface area contributed by atoms with Crippen molar-refractivity contribution in [1.82, 2.24) is 15.0 Å². The van der Waals surface area contributed by atoms with Crippen molar-refractivity contribution in [2.75, 3.05) is 0 Å². The second-order valence-corrected chi connectivity index (χ2v) is 4.76. The van der Waals surface area contributed by atoms with Crippen LogP contribution < -0.4 is 0 Å². The second-order valence-electron chi connectivity index (χ2n) is 3.90. The number of carbonyl (C=O) groups is 1. The molecular weight excluding hydrogens is 250 g/mol. The van der Waals surface area contributed by atoms with Crippen molar-refractivity contribution in [3.63, 3.8) is 0 Å². The van der Waals surface area contributed by atoms with Gasteiger partial charge in [-0.05, 0) is 25.1 Å². The molecule has 1 aromatic carbocycles. The molecule has 2 heterocycles. The molecule has 0 fully saturated rings. The summed E-state index contributed by atoms with van der Waals surface area (Å²) in [5, 5.41) is 11.1. The lowest BCUT2D eigenvalue weighted by Gasteiger charge is -1.95. The number of H-pyrrole nitrogens is 1. The summed E-state index contributed by atoms with van der Waals surface area (Å²) in [7, 11) is 0. The number of nitrogens with one attached hydrogen (secondary N) is 1. The molecule has 3 aromatic rings. The van der Waals surface area contributed by atoms with Gasteiger partial charge in [0.15, 0.2) is 5.69 Å². The summed E-state index contributed by atoms with van der Waals surface area (Å²) in [4.78, 5) is 22.3. The van der Waals surface area contributed by atoms with Crippen LogP contribution in [0, 0.1) is 6.92 Å². The lowest BCUT2D eigenvalue weighted by atomic mass is 10.2. The number of aryl methyl sites for hydroxylation is 1. The number of aromatic nitrogens is 3. The monoisotopic (exact) mass is 259 g/mol. The molecule has 18 heavy (non-hydrogen) atoms. The predicted molar refractivity (Wildman–Crippen MR) is 68.9 cm³/mol. The van der Waals surface area contributed by atoms with Crippen molar-refractivity contribution in [3.8, 4) is 10.6 Å². The standard InChI is InChI=1S/C12H9N3O2S/c1-6-13-8-3-2-7(4-9(8)14-6)11-15-10(5-18-11)12(16)17/h2-5H,1H3,(H,13,14)(H,16,17). The minimum absolute atomic E-state index is 0.0795. The quantitative estimate of drug-likeness (QED) is 0.741. The van der Waals surface area contributed by atoms with Gasteiger partial charge in [-0.25, -0.2) is 14.8 Å². The van der Waals surface area contributed by atoms with Crippen molar-refractivity contribution >= 4 is 28.3 Å². The minimum atomic E-state index is -1.00. The van der Waals surface area contributed by atoms with Gasteiger partial charge in [-0.2, -0.15) is 0 Å². The van der Waals surface area contributed by atoms with Crippen LogP contribution in [0.15, 0.2) is 23.6 Å². The zero-order chi connectivity index (χ0) is 12.7. The Bertz CT molecular complexity index is 745. The highest BCUT2D eigenvalue weighted by atomic mass is 32.1. The van der Waals surface area contributed by atoms with E-state index in [9.17, 15) is 4.79 Å². The summed E-state index contributed by atoms with van der Waals surface area (Å²) in [6.45, 7) is 1.89. The molecule has 0 spiro atoms. The third-order valence-electron chi connectivity index (χ3n) is 2.57. The highest BCUT2D eigenvalue weighted by Crippen LogP contribution is 2.26. The van der Waals surface area contributed by atoms with Crippen LogP contribution in [-0.4, -0.2) is 26.0 Å². The fraction of sp³-hybridized carbons (Fsp3) is 0.0833. The number of benzene rings is 1. The topological polar surface area (TPSA) is 78.9 Å². The number of carboxylic acid groups (broad SMARTS) is 1. The summed E-state index contributed by atoms with van der Waals surface area (Å²) in [5.74, 6) is -0.150. The second kappa shape index (κ2) is 3.92. The van der Waals surface area contributed by atoms with Gasteiger partial charge in [0.1, 0.15) is 10.8 Å². The minimum Gasteiger partial charge on any atom is -0.476 e. The van der Waals surface area contributed by atoms with Crippen molar-refractivity contribution < 1.29 is 9.90 Å². The van der Waals surface area contributed by atoms with E-state index in [0.29, 0.717) is 5.01 Å². The van der Waals surface area contributed by atoms with Gasteiger partial charge in [0, 0.05) is 10.9 Å². The molecule has 2 aromatic heterocycles. The van der Waals surface area contributed by atoms with Crippen molar-refractivity contribution in [2.24, 2.45) is 0 Å². The van der Waals surface area contributed by atoms with E-state index in [2.05, 4.69) is 15.0 Å². The number of carboxylic acids is 1. The fourth-order valence-electron chi connectivity index (χ4n) is 1.77. The number of nitrogens with zero attached hydrogens (tertiary/aromatic N) is 2. The van der Waals surface area contributed by atoms with Gasteiger partial charge in [-0.3, -0.25) is 0 Å². The number of aromatic carboxylic acids is 1. The van der Waals surface area contributed by atoms with Gasteiger partial charge >= 0.3 is 5.97 Å². The fourth-order valence-corrected chi connectivity index (χ4v) is 2.57. The van der Waals surface area contributed by atoms with Gasteiger partial charge in [0.2, 0.25) is 0 Å². The van der Waals surface area contributed by atoms with Crippen molar-refractivity contribution in [2.45, 2.75) is 6.92 Å². The third-order valence-corrected chi connectivity index (χ3v) is 3.46. The van der Waals surface area contributed by atoms with E-state index in [-0.39, 0.29) is 5.69 Å². The first-order valence-corrected chi connectivity index (χ1v) is 6.17. The lowest BCUT2D eigenvalue weighted by Crippen LogP contribution is -1.95. The summed E-state index contributed by atoms with van der Waals surface area (Å²) in [5.41, 5.74) is 2.79. The average molecular weight is 259 g/mol. The van der Waals surface area contributed by atoms with Crippen LogP contribution in [0.5, 0.6) is 0 Å². The van der Waals surface area contributed by atoms with E-state index < -0.39 is 5.97 Å². The summed E-state index contributed by atoms with van der Waals surface area (Å²) in [6, 6.07) is 5.73. The normalized spacial score (nSPS) is 10.9. The Balaban J connectivity index is 2.09. The zero-order valence-electron chi connectivity index (χ0n) is 9.47. The largest absolute Gasteiger partial charge is 0.476 e. The number of hydrogen-bond donors (Lipinski definition) is 2. The van der Waals surface area contributed by atoms with Gasteiger partial charge in [-0.15, -0.1) is 11.3 Å². The van der Waals surface area contributed by atoms with Crippen LogP contribution in [0.4, 0.5) is 0 Å². The molecule has 0 aliphatic heterocycles. The Hall–Kier alpha value is -2.21. The maximum atomic E-state index is 10.8. The zero-order valence-corrected chi connectivity index (χ0v) is 10.3. The number of hydrogen-bond acceptors (Lipinski definition) is 4. The Labute approximate surface area is 106 Å². The first-order valence-electron chi connectivity index (χ1n) is 5.29. The van der Waals surface area contributed by atoms with Crippen LogP contribution in [-0.2, 0) is 0 Å². The Morgan fingerprint density at radius 2 is 2.22 bits per heavy atom. The van der Waals surface area contributed by atoms with Crippen LogP contribution in [0.25, 0.3) is 21.6 Å². The van der Waals surface area contributed by atoms with Crippen LogP contribution >= 0.6 is 11.3 Å². The summed E-state index contributed by atoms with van der Waals surface area (Å²) in [6.07, 6.45) is 0. The van der Waals surface area contributed by atoms with Gasteiger partial charge < -0.3 is 10.1 Å². The molecule has 0 radical (unpaired) electrons. The van der Waals surface area contributed by atoms with Crippen molar-refractivity contribution in [1.29, 1.82) is 0 Å². The van der Waals surface area contributed by atoms with Gasteiger partial charge in [0.25, 0.3) is 0 Å². The molecule has 0 saturated heterocycles. The molecule has 0 atom stereocenters. The molecule has 6 heteroatoms. The van der Waals surface area contributed by atoms with Crippen LogP contribution in [0.3, 0.4) is 0 Å². The highest BCUT2D eigenvalue weighted by molar-refractivity contribution is 7.13. The van der Waals surface area contributed by atoms with Crippen LogP contribution in [0.2, 0.25) is 0 Å². The van der Waals surface area contributed by atoms with E-state index >= 15 is 0 Å². The number of rotatable bonds is 2. The molecule has 0 bridgehead atoms. The van der Waals surface area contributed by atoms with E-state index in [4.69, 9.17) is 5.11 Å². The summed E-state index contributed by atoms with van der Waals surface area (Å²) >= 11 is 1.32. The number of aromatic amines is 1. The molecular formula is C12H9N3O2S. The molecule has 3 rings (SSSR count). The predicted octanol–water partition coefficient (Wildman–Crippen LogP) is 2.69. The molecule has 5 nitrogen and oxygen atoms in total. The van der Waals surface area contributed by atoms with Gasteiger partial charge in [-0.1, -0.05) is 0 Å². The maximum absolute atomic E-state index is 10.8. The van der Waals surface area contributed by atoms with Crippen molar-refractivity contribution in [3.05, 3.63) is 35.1 Å². The highest BCUT2D eigenvalue weighted by Gasteiger charge is 2.11. The average Bonchev–Trinajstić information content (AvgIpc) is 2.91. The van der Waals surface area contributed by atoms with E-state index in [1.807, 2.05) is 25.1 Å². The van der Waals surface area contributed by atoms with Crippen LogP contribution in [0.1, 0.15) is 16.3 Å². The SMILES string of the molecule is Cc1nc2ccc(-c3nc(C(=O)O)cs3)cc2[nH]1.